The Kier molecular flexibility index (Phi) is 14.1. The SMILES string of the molecule is Cc1c[c-]([SiH3])c(C)c1C.Cc1c[c-]([SiH3])c(C)c1C.[Cl-].[Cl-].[Zr+4]. The molecule has 0 aliphatic heterocycles. The van der Waals surface area contributed by atoms with Crippen molar-refractivity contribution in [3.63, 3.8) is 0 Å². The summed E-state index contributed by atoms with van der Waals surface area (Å²) < 4.78 is 0. The zero-order chi connectivity index (χ0) is 14.0. The van der Waals surface area contributed by atoms with Crippen LogP contribution in [0, 0.1) is 41.5 Å². The van der Waals surface area contributed by atoms with Crippen LogP contribution in [-0.4, -0.2) is 20.5 Å². The average molecular weight is 437 g/mol. The third kappa shape index (κ3) is 6.70. The Morgan fingerprint density at radius 2 is 0.905 bits per heavy atom. The summed E-state index contributed by atoms with van der Waals surface area (Å²) in [6, 6.07) is 4.60. The molecule has 0 N–H and O–H groups in total. The molecule has 0 saturated heterocycles. The van der Waals surface area contributed by atoms with Gasteiger partial charge in [-0.2, -0.15) is 55.9 Å². The monoisotopic (exact) mass is 434 g/mol. The fourth-order valence-electron chi connectivity index (χ4n) is 2.27. The Bertz CT molecular complexity index is 462. The van der Waals surface area contributed by atoms with E-state index in [1.807, 2.05) is 0 Å². The average Bonchev–Trinajstić information content (AvgIpc) is 2.66. The summed E-state index contributed by atoms with van der Waals surface area (Å²) in [5.74, 6) is 0. The third-order valence-electron chi connectivity index (χ3n) is 4.36. The normalized spacial score (nSPS) is 9.05. The molecule has 0 radical (unpaired) electrons. The molecule has 2 rings (SSSR count). The third-order valence-corrected chi connectivity index (χ3v) is 6.43. The van der Waals surface area contributed by atoms with Crippen LogP contribution < -0.4 is 35.2 Å². The second kappa shape index (κ2) is 11.2. The van der Waals surface area contributed by atoms with Crippen molar-refractivity contribution in [2.45, 2.75) is 41.5 Å². The minimum absolute atomic E-state index is 0. The van der Waals surface area contributed by atoms with Gasteiger partial charge in [0, 0.05) is 0 Å². The predicted octanol–water partition coefficient (Wildman–Crippen LogP) is -5.35. The Hall–Kier alpha value is 0.597. The maximum absolute atomic E-state index is 2.30. The first-order valence-corrected chi connectivity index (χ1v) is 8.65. The molecular formula is C16H26Cl2Si2Zr. The summed E-state index contributed by atoms with van der Waals surface area (Å²) in [5.41, 5.74) is 8.91. The molecule has 0 nitrogen and oxygen atoms in total. The van der Waals surface area contributed by atoms with Crippen molar-refractivity contribution in [2.75, 3.05) is 0 Å². The van der Waals surface area contributed by atoms with E-state index in [2.05, 4.69) is 53.7 Å². The second-order valence-electron chi connectivity index (χ2n) is 5.52. The molecule has 0 heterocycles. The van der Waals surface area contributed by atoms with E-state index < -0.39 is 0 Å². The van der Waals surface area contributed by atoms with E-state index in [1.54, 1.807) is 10.4 Å². The van der Waals surface area contributed by atoms with Gasteiger partial charge in [-0.05, 0) is 20.5 Å². The van der Waals surface area contributed by atoms with E-state index in [-0.39, 0.29) is 51.0 Å². The van der Waals surface area contributed by atoms with Crippen LogP contribution in [0.5, 0.6) is 0 Å². The molecule has 0 bridgehead atoms. The Labute approximate surface area is 168 Å². The van der Waals surface area contributed by atoms with E-state index in [0.29, 0.717) is 0 Å². The van der Waals surface area contributed by atoms with Crippen molar-refractivity contribution < 1.29 is 51.0 Å². The van der Waals surface area contributed by atoms with Crippen molar-refractivity contribution >= 4 is 30.9 Å². The molecule has 0 atom stereocenters. The molecule has 2 aromatic rings. The number of hydrogen-bond donors (Lipinski definition) is 0. The molecule has 5 heteroatoms. The summed E-state index contributed by atoms with van der Waals surface area (Å²) in [6.07, 6.45) is 0. The fourth-order valence-corrected chi connectivity index (χ4v) is 3.88. The predicted molar refractivity (Wildman–Crippen MR) is 91.6 cm³/mol. The summed E-state index contributed by atoms with van der Waals surface area (Å²) in [7, 11) is 2.39. The second-order valence-corrected chi connectivity index (χ2v) is 7.68. The van der Waals surface area contributed by atoms with Gasteiger partial charge in [0.2, 0.25) is 0 Å². The number of halogens is 2. The van der Waals surface area contributed by atoms with Crippen LogP contribution in [0.2, 0.25) is 0 Å². The van der Waals surface area contributed by atoms with Gasteiger partial charge < -0.3 is 24.8 Å². The van der Waals surface area contributed by atoms with Crippen molar-refractivity contribution in [3.8, 4) is 0 Å². The van der Waals surface area contributed by atoms with Gasteiger partial charge in [0.1, 0.15) is 0 Å². The quantitative estimate of drug-likeness (QED) is 0.286. The minimum atomic E-state index is 0. The fraction of sp³-hybridized carbons (Fsp3) is 0.375. The molecule has 21 heavy (non-hydrogen) atoms. The summed E-state index contributed by atoms with van der Waals surface area (Å²) >= 11 is 0. The zero-order valence-electron chi connectivity index (χ0n) is 14.4. The van der Waals surface area contributed by atoms with E-state index >= 15 is 0 Å². The van der Waals surface area contributed by atoms with Crippen molar-refractivity contribution in [1.29, 1.82) is 0 Å². The Morgan fingerprint density at radius 3 is 0.952 bits per heavy atom. The van der Waals surface area contributed by atoms with Crippen LogP contribution in [0.15, 0.2) is 12.1 Å². The van der Waals surface area contributed by atoms with E-state index in [0.717, 1.165) is 0 Å². The first-order chi connectivity index (χ1) is 8.25. The standard InChI is InChI=1S/2C8H13Si.2ClH.Zr/c2*1-5-4-8(9)7(3)6(5)2;;;/h2*4H,1-3,9H3;2*1H;/q2*-1;;;+4/p-2. The molecule has 2 aromatic carbocycles. The minimum Gasteiger partial charge on any atom is -1.00 e. The first-order valence-electron chi connectivity index (χ1n) is 6.65. The van der Waals surface area contributed by atoms with Crippen LogP contribution in [-0.2, 0) is 26.2 Å². The number of aryl methyl sites for hydroxylation is 2. The molecule has 0 fully saturated rings. The van der Waals surface area contributed by atoms with Crippen molar-refractivity contribution in [3.05, 3.63) is 45.5 Å². The zero-order valence-corrected chi connectivity index (χ0v) is 22.4. The molecule has 116 valence electrons. The van der Waals surface area contributed by atoms with E-state index in [4.69, 9.17) is 0 Å². The van der Waals surface area contributed by atoms with Gasteiger partial charge in [-0.3, -0.25) is 0 Å². The Balaban J connectivity index is -0.000000270. The van der Waals surface area contributed by atoms with Crippen LogP contribution in [0.4, 0.5) is 0 Å². The molecule has 0 unspecified atom stereocenters. The van der Waals surface area contributed by atoms with Gasteiger partial charge in [0.25, 0.3) is 0 Å². The van der Waals surface area contributed by atoms with Gasteiger partial charge in [-0.25, -0.2) is 0 Å². The smallest absolute Gasteiger partial charge is 1.00 e. The van der Waals surface area contributed by atoms with Gasteiger partial charge in [-0.15, -0.1) is 0 Å². The van der Waals surface area contributed by atoms with E-state index in [9.17, 15) is 0 Å². The van der Waals surface area contributed by atoms with Gasteiger partial charge in [0.15, 0.2) is 0 Å². The number of hydrogen-bond acceptors (Lipinski definition) is 0. The molecule has 0 spiro atoms. The molecule has 0 aliphatic rings. The van der Waals surface area contributed by atoms with Crippen LogP contribution in [0.3, 0.4) is 0 Å². The van der Waals surface area contributed by atoms with Gasteiger partial charge >= 0.3 is 26.2 Å². The van der Waals surface area contributed by atoms with Crippen LogP contribution >= 0.6 is 0 Å². The first kappa shape index (κ1) is 26.5. The molecule has 0 aliphatic carbocycles. The molecule has 0 aromatic heterocycles. The summed E-state index contributed by atoms with van der Waals surface area (Å²) in [5, 5.41) is 3.12. The molecule has 0 amide bonds. The summed E-state index contributed by atoms with van der Waals surface area (Å²) in [4.78, 5) is 0. The Morgan fingerprint density at radius 1 is 0.667 bits per heavy atom. The maximum atomic E-state index is 2.30. The van der Waals surface area contributed by atoms with Gasteiger partial charge in [-0.1, -0.05) is 41.5 Å². The van der Waals surface area contributed by atoms with Gasteiger partial charge in [0.05, 0.1) is 0 Å². The van der Waals surface area contributed by atoms with Crippen molar-refractivity contribution in [2.24, 2.45) is 0 Å². The summed E-state index contributed by atoms with van der Waals surface area (Å²) in [6.45, 7) is 13.2. The van der Waals surface area contributed by atoms with Crippen LogP contribution in [0.25, 0.3) is 0 Å². The molecule has 0 saturated carbocycles. The van der Waals surface area contributed by atoms with Crippen LogP contribution in [0.1, 0.15) is 33.4 Å². The van der Waals surface area contributed by atoms with Crippen molar-refractivity contribution in [1.82, 2.24) is 0 Å². The molecular weight excluding hydrogens is 410 g/mol. The maximum Gasteiger partial charge on any atom is 4.00 e. The largest absolute Gasteiger partial charge is 4.00 e. The topological polar surface area (TPSA) is 0 Å². The number of rotatable bonds is 0. The van der Waals surface area contributed by atoms with E-state index in [1.165, 1.54) is 53.9 Å².